The zero-order chi connectivity index (χ0) is 10.1. The summed E-state index contributed by atoms with van der Waals surface area (Å²) in [6, 6.07) is 2.06. The van der Waals surface area contributed by atoms with Gasteiger partial charge >= 0.3 is 0 Å². The average Bonchev–Trinajstić information content (AvgIpc) is 2.88. The summed E-state index contributed by atoms with van der Waals surface area (Å²) in [7, 11) is 0. The van der Waals surface area contributed by atoms with Crippen LogP contribution in [-0.2, 0) is 0 Å². The summed E-state index contributed by atoms with van der Waals surface area (Å²) < 4.78 is 0. The highest BCUT2D eigenvalue weighted by Gasteiger charge is 2.16. The molecule has 2 heterocycles. The van der Waals surface area contributed by atoms with Crippen molar-refractivity contribution in [2.75, 3.05) is 6.54 Å². The van der Waals surface area contributed by atoms with E-state index in [0.29, 0.717) is 6.54 Å². The molecule has 0 atom stereocenters. The Morgan fingerprint density at radius 3 is 3.20 bits per heavy atom. The lowest BCUT2D eigenvalue weighted by Gasteiger charge is -2.04. The molecule has 74 valence electrons. The molecule has 2 aliphatic rings. The normalized spacial score (nSPS) is 18.4. The zero-order valence-electron chi connectivity index (χ0n) is 8.18. The van der Waals surface area contributed by atoms with Crippen LogP contribution in [0.2, 0.25) is 0 Å². The van der Waals surface area contributed by atoms with Gasteiger partial charge in [-0.05, 0) is 23.4 Å². The maximum atomic E-state index is 4.59. The maximum Gasteiger partial charge on any atom is 0.0828 e. The lowest BCUT2D eigenvalue weighted by atomic mass is 10.1. The highest BCUT2D eigenvalue weighted by molar-refractivity contribution is 7.13. The predicted octanol–water partition coefficient (Wildman–Crippen LogP) is 3.14. The molecule has 2 nitrogen and oxygen atoms in total. The fourth-order valence-corrected chi connectivity index (χ4v) is 2.68. The fraction of sp³-hybridized carbons (Fsp3) is 0.167. The molecular weight excluding hydrogens is 204 g/mol. The molecule has 15 heavy (non-hydrogen) atoms. The third-order valence-electron chi connectivity index (χ3n) is 2.50. The van der Waals surface area contributed by atoms with Crippen LogP contribution in [-0.4, -0.2) is 18.5 Å². The standard InChI is InChI=1S/C12H10N2S/c1-2-4-9(3-1)11-12-10(5-8-15-12)13-6-7-14-11/h1-3,5-6,8H,4,7H2. The monoisotopic (exact) mass is 214 g/mol. The molecule has 0 radical (unpaired) electrons. The quantitative estimate of drug-likeness (QED) is 0.686. The van der Waals surface area contributed by atoms with E-state index in [1.54, 1.807) is 11.3 Å². The van der Waals surface area contributed by atoms with Gasteiger partial charge in [-0.2, -0.15) is 0 Å². The number of allylic oxidation sites excluding steroid dienone is 4. The molecule has 0 N–H and O–H groups in total. The van der Waals surface area contributed by atoms with E-state index in [-0.39, 0.29) is 0 Å². The van der Waals surface area contributed by atoms with Crippen molar-refractivity contribution in [2.24, 2.45) is 9.98 Å². The van der Waals surface area contributed by atoms with Gasteiger partial charge in [0.05, 0.1) is 22.8 Å². The van der Waals surface area contributed by atoms with Gasteiger partial charge in [-0.15, -0.1) is 11.3 Å². The van der Waals surface area contributed by atoms with Gasteiger partial charge < -0.3 is 0 Å². The van der Waals surface area contributed by atoms with Crippen LogP contribution >= 0.6 is 11.3 Å². The largest absolute Gasteiger partial charge is 0.278 e. The van der Waals surface area contributed by atoms with Crippen molar-refractivity contribution in [1.29, 1.82) is 0 Å². The van der Waals surface area contributed by atoms with Crippen LogP contribution in [0.5, 0.6) is 0 Å². The number of thiophene rings is 1. The highest BCUT2D eigenvalue weighted by Crippen LogP contribution is 2.31. The number of hydrogen-bond donors (Lipinski definition) is 0. The van der Waals surface area contributed by atoms with Crippen molar-refractivity contribution < 1.29 is 0 Å². The fourth-order valence-electron chi connectivity index (χ4n) is 1.79. The molecule has 0 bridgehead atoms. The Morgan fingerprint density at radius 1 is 1.33 bits per heavy atom. The second-order valence-electron chi connectivity index (χ2n) is 3.46. The minimum atomic E-state index is 0.689. The second kappa shape index (κ2) is 3.59. The van der Waals surface area contributed by atoms with E-state index in [0.717, 1.165) is 17.8 Å². The van der Waals surface area contributed by atoms with Crippen LogP contribution in [0.1, 0.15) is 11.3 Å². The molecule has 3 heteroatoms. The van der Waals surface area contributed by atoms with Crippen LogP contribution in [0.4, 0.5) is 5.69 Å². The number of rotatable bonds is 1. The Bertz CT molecular complexity index is 503. The van der Waals surface area contributed by atoms with Crippen molar-refractivity contribution in [3.8, 4) is 0 Å². The van der Waals surface area contributed by atoms with Crippen LogP contribution < -0.4 is 0 Å². The zero-order valence-corrected chi connectivity index (χ0v) is 9.00. The van der Waals surface area contributed by atoms with Crippen LogP contribution in [0, 0.1) is 0 Å². The Balaban J connectivity index is 2.08. The molecule has 1 aliphatic carbocycles. The second-order valence-corrected chi connectivity index (χ2v) is 4.38. The first-order chi connectivity index (χ1) is 7.45. The van der Waals surface area contributed by atoms with Gasteiger partial charge in [0.1, 0.15) is 0 Å². The minimum absolute atomic E-state index is 0.689. The molecule has 0 spiro atoms. The van der Waals surface area contributed by atoms with Gasteiger partial charge in [0.25, 0.3) is 0 Å². The SMILES string of the molecule is C1=CCC(C2=NCC=Nc3ccsc32)=C1. The lowest BCUT2D eigenvalue weighted by Crippen LogP contribution is -2.02. The van der Waals surface area contributed by atoms with E-state index in [1.165, 1.54) is 10.5 Å². The maximum absolute atomic E-state index is 4.59. The molecule has 1 aromatic heterocycles. The summed E-state index contributed by atoms with van der Waals surface area (Å²) in [6.45, 7) is 0.689. The number of nitrogens with zero attached hydrogens (tertiary/aromatic N) is 2. The Labute approximate surface area is 92.4 Å². The first-order valence-electron chi connectivity index (χ1n) is 4.96. The van der Waals surface area contributed by atoms with E-state index in [9.17, 15) is 0 Å². The number of aliphatic imine (C=N–C) groups is 2. The molecule has 0 saturated heterocycles. The topological polar surface area (TPSA) is 24.7 Å². The van der Waals surface area contributed by atoms with Gasteiger partial charge in [-0.25, -0.2) is 0 Å². The van der Waals surface area contributed by atoms with Crippen LogP contribution in [0.3, 0.4) is 0 Å². The molecular formula is C12H10N2S. The van der Waals surface area contributed by atoms with Gasteiger partial charge in [0.15, 0.2) is 0 Å². The van der Waals surface area contributed by atoms with E-state index < -0.39 is 0 Å². The summed E-state index contributed by atoms with van der Waals surface area (Å²) in [5.41, 5.74) is 3.50. The van der Waals surface area contributed by atoms with Crippen molar-refractivity contribution in [3.63, 3.8) is 0 Å². The van der Waals surface area contributed by atoms with Crippen molar-refractivity contribution in [1.82, 2.24) is 0 Å². The van der Waals surface area contributed by atoms with Gasteiger partial charge in [0.2, 0.25) is 0 Å². The van der Waals surface area contributed by atoms with E-state index in [4.69, 9.17) is 0 Å². The molecule has 0 fully saturated rings. The summed E-state index contributed by atoms with van der Waals surface area (Å²) >= 11 is 1.72. The van der Waals surface area contributed by atoms with E-state index in [2.05, 4.69) is 39.7 Å². The minimum Gasteiger partial charge on any atom is -0.278 e. The molecule has 3 rings (SSSR count). The summed E-state index contributed by atoms with van der Waals surface area (Å²) in [4.78, 5) is 10.2. The molecule has 0 amide bonds. The van der Waals surface area contributed by atoms with Crippen LogP contribution in [0.15, 0.2) is 45.2 Å². The third kappa shape index (κ3) is 1.49. The summed E-state index contributed by atoms with van der Waals surface area (Å²) in [5, 5.41) is 2.08. The third-order valence-corrected chi connectivity index (χ3v) is 3.41. The summed E-state index contributed by atoms with van der Waals surface area (Å²) in [6.07, 6.45) is 9.28. The molecule has 0 aromatic carbocycles. The van der Waals surface area contributed by atoms with Crippen LogP contribution in [0.25, 0.3) is 0 Å². The molecule has 1 aromatic rings. The van der Waals surface area contributed by atoms with Crippen molar-refractivity contribution in [3.05, 3.63) is 40.1 Å². The first kappa shape index (κ1) is 8.80. The number of hydrogen-bond acceptors (Lipinski definition) is 3. The van der Waals surface area contributed by atoms with Crippen molar-refractivity contribution in [2.45, 2.75) is 6.42 Å². The predicted molar refractivity (Wildman–Crippen MR) is 65.7 cm³/mol. The molecule has 0 unspecified atom stereocenters. The Hall–Kier alpha value is -1.48. The molecule has 1 aliphatic heterocycles. The first-order valence-corrected chi connectivity index (χ1v) is 5.84. The molecule has 0 saturated carbocycles. The number of fused-ring (bicyclic) bond motifs is 1. The summed E-state index contributed by atoms with van der Waals surface area (Å²) in [5.74, 6) is 0. The smallest absolute Gasteiger partial charge is 0.0828 e. The Kier molecular flexibility index (Phi) is 2.10. The Morgan fingerprint density at radius 2 is 2.33 bits per heavy atom. The van der Waals surface area contributed by atoms with Gasteiger partial charge in [-0.1, -0.05) is 18.2 Å². The van der Waals surface area contributed by atoms with Gasteiger partial charge in [-0.3, -0.25) is 9.98 Å². The van der Waals surface area contributed by atoms with E-state index >= 15 is 0 Å². The van der Waals surface area contributed by atoms with E-state index in [1.807, 2.05) is 6.21 Å². The average molecular weight is 214 g/mol. The van der Waals surface area contributed by atoms with Crippen molar-refractivity contribution >= 4 is 29.0 Å². The highest BCUT2D eigenvalue weighted by atomic mass is 32.1. The lowest BCUT2D eigenvalue weighted by molar-refractivity contribution is 1.29. The van der Waals surface area contributed by atoms with Gasteiger partial charge in [0, 0.05) is 6.21 Å².